The molecule has 0 spiro atoms. The van der Waals surface area contributed by atoms with Crippen molar-refractivity contribution in [1.82, 2.24) is 9.47 Å². The lowest BCUT2D eigenvalue weighted by molar-refractivity contribution is -0.130. The smallest absolute Gasteiger partial charge is 0.253 e. The number of aromatic nitrogens is 1. The molecule has 2 heterocycles. The summed E-state index contributed by atoms with van der Waals surface area (Å²) >= 11 is 1.44. The molecule has 0 N–H and O–H groups in total. The standard InChI is InChI=1S/C14H19N3O2S/c1-16-6-7-20-14(16)15-13(19)10-8-12(18)17(9-10)11-4-2-3-5-11/h6-7,10-11H,2-5,8-9H2,1H3/t10-/m1/s1. The van der Waals surface area contributed by atoms with Gasteiger partial charge in [0.2, 0.25) is 5.91 Å². The lowest BCUT2D eigenvalue weighted by atomic mass is 10.1. The molecule has 108 valence electrons. The maximum Gasteiger partial charge on any atom is 0.253 e. The summed E-state index contributed by atoms with van der Waals surface area (Å²) < 4.78 is 1.83. The van der Waals surface area contributed by atoms with Crippen LogP contribution in [0.15, 0.2) is 16.6 Å². The van der Waals surface area contributed by atoms with E-state index < -0.39 is 0 Å². The second-order valence-electron chi connectivity index (χ2n) is 5.63. The maximum absolute atomic E-state index is 12.2. The van der Waals surface area contributed by atoms with Crippen molar-refractivity contribution in [2.24, 2.45) is 18.0 Å². The molecule has 2 fully saturated rings. The minimum Gasteiger partial charge on any atom is -0.339 e. The van der Waals surface area contributed by atoms with Crippen LogP contribution in [0.25, 0.3) is 0 Å². The molecule has 0 aromatic carbocycles. The molecule has 2 aliphatic rings. The molecule has 6 heteroatoms. The molecule has 1 aromatic rings. The number of hydrogen-bond donors (Lipinski definition) is 0. The fourth-order valence-corrected chi connectivity index (χ4v) is 3.82. The zero-order valence-electron chi connectivity index (χ0n) is 11.6. The summed E-state index contributed by atoms with van der Waals surface area (Å²) in [6.07, 6.45) is 6.77. The predicted molar refractivity (Wildman–Crippen MR) is 75.9 cm³/mol. The molecule has 2 amide bonds. The Kier molecular flexibility index (Phi) is 3.74. The first-order chi connectivity index (χ1) is 9.65. The Morgan fingerprint density at radius 1 is 1.40 bits per heavy atom. The molecule has 1 aliphatic carbocycles. The van der Waals surface area contributed by atoms with E-state index in [1.807, 2.05) is 28.1 Å². The Labute approximate surface area is 121 Å². The minimum atomic E-state index is -0.259. The summed E-state index contributed by atoms with van der Waals surface area (Å²) in [6, 6.07) is 0.359. The summed E-state index contributed by atoms with van der Waals surface area (Å²) in [5.74, 6) is -0.289. The van der Waals surface area contributed by atoms with Gasteiger partial charge in [-0.15, -0.1) is 11.3 Å². The second-order valence-corrected chi connectivity index (χ2v) is 6.50. The van der Waals surface area contributed by atoms with Crippen molar-refractivity contribution in [2.45, 2.75) is 38.1 Å². The van der Waals surface area contributed by atoms with Crippen LogP contribution in [-0.2, 0) is 16.6 Å². The van der Waals surface area contributed by atoms with Crippen molar-refractivity contribution in [1.29, 1.82) is 0 Å². The summed E-state index contributed by atoms with van der Waals surface area (Å²) in [7, 11) is 1.87. The number of thiazole rings is 1. The van der Waals surface area contributed by atoms with Crippen LogP contribution in [0.5, 0.6) is 0 Å². The van der Waals surface area contributed by atoms with Gasteiger partial charge in [0.05, 0.1) is 5.92 Å². The van der Waals surface area contributed by atoms with Gasteiger partial charge in [0.25, 0.3) is 5.91 Å². The molecule has 5 nitrogen and oxygen atoms in total. The average Bonchev–Trinajstić information content (AvgIpc) is 3.11. The van der Waals surface area contributed by atoms with Crippen LogP contribution in [0, 0.1) is 5.92 Å². The molecule has 3 rings (SSSR count). The zero-order chi connectivity index (χ0) is 14.1. The number of nitrogens with zero attached hydrogens (tertiary/aromatic N) is 3. The molecule has 0 unspecified atom stereocenters. The van der Waals surface area contributed by atoms with Gasteiger partial charge in [-0.2, -0.15) is 4.99 Å². The fourth-order valence-electron chi connectivity index (χ4n) is 3.09. The third kappa shape index (κ3) is 2.57. The van der Waals surface area contributed by atoms with Gasteiger partial charge in [-0.1, -0.05) is 12.8 Å². The van der Waals surface area contributed by atoms with E-state index >= 15 is 0 Å². The largest absolute Gasteiger partial charge is 0.339 e. The summed E-state index contributed by atoms with van der Waals surface area (Å²) in [5.41, 5.74) is 0. The van der Waals surface area contributed by atoms with Gasteiger partial charge >= 0.3 is 0 Å². The highest BCUT2D eigenvalue weighted by Crippen LogP contribution is 2.29. The fraction of sp³-hybridized carbons (Fsp3) is 0.643. The molecule has 1 saturated carbocycles. The molecule has 1 atom stereocenters. The lowest BCUT2D eigenvalue weighted by Crippen LogP contribution is -2.35. The van der Waals surface area contributed by atoms with Gasteiger partial charge in [-0.3, -0.25) is 9.59 Å². The Hall–Kier alpha value is -1.43. The van der Waals surface area contributed by atoms with Crippen LogP contribution in [0.2, 0.25) is 0 Å². The molecular weight excluding hydrogens is 274 g/mol. The van der Waals surface area contributed by atoms with Gasteiger partial charge in [-0.05, 0) is 12.8 Å². The van der Waals surface area contributed by atoms with E-state index in [4.69, 9.17) is 0 Å². The van der Waals surface area contributed by atoms with Crippen molar-refractivity contribution >= 4 is 23.2 Å². The predicted octanol–water partition coefficient (Wildman–Crippen LogP) is 1.30. The van der Waals surface area contributed by atoms with Gasteiger partial charge in [0, 0.05) is 37.6 Å². The zero-order valence-corrected chi connectivity index (χ0v) is 12.4. The van der Waals surface area contributed by atoms with Gasteiger partial charge in [0.1, 0.15) is 0 Å². The number of likely N-dealkylation sites (tertiary alicyclic amines) is 1. The number of hydrogen-bond acceptors (Lipinski definition) is 3. The molecule has 0 radical (unpaired) electrons. The van der Waals surface area contributed by atoms with Crippen LogP contribution < -0.4 is 4.80 Å². The monoisotopic (exact) mass is 293 g/mol. The Morgan fingerprint density at radius 2 is 2.15 bits per heavy atom. The van der Waals surface area contributed by atoms with Crippen LogP contribution in [0.3, 0.4) is 0 Å². The summed E-state index contributed by atoms with van der Waals surface area (Å²) in [4.78, 5) is 31.1. The van der Waals surface area contributed by atoms with Gasteiger partial charge in [-0.25, -0.2) is 0 Å². The lowest BCUT2D eigenvalue weighted by Gasteiger charge is -2.23. The van der Waals surface area contributed by atoms with Crippen LogP contribution in [0.4, 0.5) is 0 Å². The number of amides is 2. The first kappa shape index (κ1) is 13.5. The van der Waals surface area contributed by atoms with Crippen molar-refractivity contribution in [3.63, 3.8) is 0 Å². The highest BCUT2D eigenvalue weighted by atomic mass is 32.1. The van der Waals surface area contributed by atoms with E-state index in [0.717, 1.165) is 12.8 Å². The Bertz CT molecular complexity index is 583. The van der Waals surface area contributed by atoms with Crippen LogP contribution >= 0.6 is 11.3 Å². The van der Waals surface area contributed by atoms with Crippen molar-refractivity contribution in [2.75, 3.05) is 6.54 Å². The normalized spacial score (nSPS) is 24.9. The molecule has 1 aromatic heterocycles. The number of carbonyl (C=O) groups is 2. The van der Waals surface area contributed by atoms with Crippen LogP contribution in [-0.4, -0.2) is 33.9 Å². The second kappa shape index (κ2) is 5.52. The summed E-state index contributed by atoms with van der Waals surface area (Å²) in [5, 5.41) is 1.90. The topological polar surface area (TPSA) is 54.7 Å². The van der Waals surface area contributed by atoms with E-state index in [2.05, 4.69) is 4.99 Å². The highest BCUT2D eigenvalue weighted by molar-refractivity contribution is 7.07. The number of aryl methyl sites for hydroxylation is 1. The SMILES string of the molecule is Cn1ccsc1=NC(=O)[C@@H]1CC(=O)N(C2CCCC2)C1. The highest BCUT2D eigenvalue weighted by Gasteiger charge is 2.38. The minimum absolute atomic E-state index is 0.126. The quantitative estimate of drug-likeness (QED) is 0.825. The van der Waals surface area contributed by atoms with E-state index in [-0.39, 0.29) is 17.7 Å². The van der Waals surface area contributed by atoms with Crippen molar-refractivity contribution in [3.8, 4) is 0 Å². The Morgan fingerprint density at radius 3 is 2.80 bits per heavy atom. The molecular formula is C14H19N3O2S. The third-order valence-corrected chi connectivity index (χ3v) is 5.09. The third-order valence-electron chi connectivity index (χ3n) is 4.24. The van der Waals surface area contributed by atoms with Crippen molar-refractivity contribution in [3.05, 3.63) is 16.4 Å². The van der Waals surface area contributed by atoms with Crippen LogP contribution in [0.1, 0.15) is 32.1 Å². The molecule has 20 heavy (non-hydrogen) atoms. The number of rotatable bonds is 2. The first-order valence-corrected chi connectivity index (χ1v) is 8.01. The maximum atomic E-state index is 12.2. The van der Waals surface area contributed by atoms with E-state index in [9.17, 15) is 9.59 Å². The van der Waals surface area contributed by atoms with E-state index in [0.29, 0.717) is 23.8 Å². The van der Waals surface area contributed by atoms with Gasteiger partial charge < -0.3 is 9.47 Å². The van der Waals surface area contributed by atoms with Gasteiger partial charge in [0.15, 0.2) is 4.80 Å². The number of carbonyl (C=O) groups excluding carboxylic acids is 2. The summed E-state index contributed by atoms with van der Waals surface area (Å²) in [6.45, 7) is 0.556. The molecule has 0 bridgehead atoms. The Balaban J connectivity index is 1.71. The molecule has 1 aliphatic heterocycles. The average molecular weight is 293 g/mol. The van der Waals surface area contributed by atoms with E-state index in [1.54, 1.807) is 0 Å². The van der Waals surface area contributed by atoms with E-state index in [1.165, 1.54) is 24.2 Å². The molecule has 1 saturated heterocycles. The first-order valence-electron chi connectivity index (χ1n) is 7.13. The van der Waals surface area contributed by atoms with Crippen molar-refractivity contribution < 1.29 is 9.59 Å².